The summed E-state index contributed by atoms with van der Waals surface area (Å²) in [5.74, 6) is 0.0203. The van der Waals surface area contributed by atoms with E-state index in [4.69, 9.17) is 4.74 Å². The van der Waals surface area contributed by atoms with Gasteiger partial charge in [-0.2, -0.15) is 0 Å². The number of amides is 1. The third-order valence-corrected chi connectivity index (χ3v) is 3.26. The summed E-state index contributed by atoms with van der Waals surface area (Å²) in [5.41, 5.74) is 1.72. The SMILES string of the molecule is O=C(c1ccccc1)N1CCO[C@@H]1c1ccccc1. The molecule has 0 aliphatic carbocycles. The number of ether oxygens (including phenoxy) is 1. The zero-order valence-corrected chi connectivity index (χ0v) is 10.5. The Bertz CT molecular complexity index is 553. The first-order valence-corrected chi connectivity index (χ1v) is 6.39. The van der Waals surface area contributed by atoms with Gasteiger partial charge in [-0.3, -0.25) is 4.79 Å². The van der Waals surface area contributed by atoms with Gasteiger partial charge in [0.05, 0.1) is 6.61 Å². The highest BCUT2D eigenvalue weighted by molar-refractivity contribution is 5.94. The van der Waals surface area contributed by atoms with Crippen LogP contribution < -0.4 is 0 Å². The molecule has 0 saturated carbocycles. The molecule has 1 amide bonds. The molecule has 2 aromatic carbocycles. The predicted molar refractivity (Wildman–Crippen MR) is 72.6 cm³/mol. The van der Waals surface area contributed by atoms with E-state index in [-0.39, 0.29) is 12.1 Å². The van der Waals surface area contributed by atoms with Crippen LogP contribution in [0.4, 0.5) is 0 Å². The van der Waals surface area contributed by atoms with E-state index in [0.29, 0.717) is 18.7 Å². The van der Waals surface area contributed by atoms with Crippen LogP contribution in [0.1, 0.15) is 22.1 Å². The number of nitrogens with zero attached hydrogens (tertiary/aromatic N) is 1. The Hall–Kier alpha value is -2.13. The van der Waals surface area contributed by atoms with E-state index < -0.39 is 0 Å². The van der Waals surface area contributed by atoms with Gasteiger partial charge < -0.3 is 9.64 Å². The molecule has 3 heteroatoms. The van der Waals surface area contributed by atoms with Crippen molar-refractivity contribution in [1.82, 2.24) is 4.90 Å². The monoisotopic (exact) mass is 253 g/mol. The van der Waals surface area contributed by atoms with Gasteiger partial charge >= 0.3 is 0 Å². The summed E-state index contributed by atoms with van der Waals surface area (Å²) in [6.45, 7) is 1.21. The fraction of sp³-hybridized carbons (Fsp3) is 0.188. The Morgan fingerprint density at radius 1 is 1.00 bits per heavy atom. The summed E-state index contributed by atoms with van der Waals surface area (Å²) in [6, 6.07) is 19.2. The third kappa shape index (κ3) is 2.37. The van der Waals surface area contributed by atoms with Crippen LogP contribution >= 0.6 is 0 Å². The Balaban J connectivity index is 1.86. The minimum absolute atomic E-state index is 0.0203. The summed E-state index contributed by atoms with van der Waals surface area (Å²) >= 11 is 0. The average Bonchev–Trinajstić information content (AvgIpc) is 2.98. The molecule has 0 radical (unpaired) electrons. The van der Waals surface area contributed by atoms with Crippen molar-refractivity contribution in [2.24, 2.45) is 0 Å². The maximum atomic E-state index is 12.5. The summed E-state index contributed by atoms with van der Waals surface area (Å²) < 4.78 is 5.70. The second-order valence-electron chi connectivity index (χ2n) is 4.50. The van der Waals surface area contributed by atoms with Gasteiger partial charge in [0.2, 0.25) is 0 Å². The standard InChI is InChI=1S/C16H15NO2/c18-15(13-7-3-1-4-8-13)17-11-12-19-16(17)14-9-5-2-6-10-14/h1-10,16H,11-12H2/t16-/m1/s1. The maximum absolute atomic E-state index is 12.5. The lowest BCUT2D eigenvalue weighted by atomic mass is 10.1. The molecule has 1 heterocycles. The summed E-state index contributed by atoms with van der Waals surface area (Å²) in [7, 11) is 0. The largest absolute Gasteiger partial charge is 0.352 e. The van der Waals surface area contributed by atoms with E-state index >= 15 is 0 Å². The molecule has 1 aliphatic rings. The lowest BCUT2D eigenvalue weighted by Gasteiger charge is -2.23. The lowest BCUT2D eigenvalue weighted by Crippen LogP contribution is -2.31. The summed E-state index contributed by atoms with van der Waals surface area (Å²) in [5, 5.41) is 0. The number of rotatable bonds is 2. The van der Waals surface area contributed by atoms with Crippen molar-refractivity contribution < 1.29 is 9.53 Å². The molecule has 1 fully saturated rings. The molecule has 3 rings (SSSR count). The first-order chi connectivity index (χ1) is 9.36. The number of carbonyl (C=O) groups is 1. The lowest BCUT2D eigenvalue weighted by molar-refractivity contribution is 0.0272. The minimum atomic E-state index is -0.270. The summed E-state index contributed by atoms with van der Waals surface area (Å²) in [6.07, 6.45) is -0.270. The maximum Gasteiger partial charge on any atom is 0.256 e. The Kier molecular flexibility index (Phi) is 3.29. The fourth-order valence-corrected chi connectivity index (χ4v) is 2.32. The van der Waals surface area contributed by atoms with Crippen LogP contribution in [0.15, 0.2) is 60.7 Å². The van der Waals surface area contributed by atoms with E-state index in [2.05, 4.69) is 0 Å². The Morgan fingerprint density at radius 3 is 2.32 bits per heavy atom. The van der Waals surface area contributed by atoms with E-state index in [1.54, 1.807) is 4.90 Å². The Labute approximate surface area is 112 Å². The highest BCUT2D eigenvalue weighted by Gasteiger charge is 2.31. The molecular formula is C16H15NO2. The predicted octanol–water partition coefficient (Wildman–Crippen LogP) is 2.86. The van der Waals surface area contributed by atoms with Gasteiger partial charge in [0, 0.05) is 17.7 Å². The smallest absolute Gasteiger partial charge is 0.256 e. The molecule has 0 bridgehead atoms. The van der Waals surface area contributed by atoms with Crippen molar-refractivity contribution in [2.45, 2.75) is 6.23 Å². The quantitative estimate of drug-likeness (QED) is 0.823. The number of hydrogen-bond donors (Lipinski definition) is 0. The van der Waals surface area contributed by atoms with Crippen LogP contribution in [0, 0.1) is 0 Å². The fourth-order valence-electron chi connectivity index (χ4n) is 2.32. The molecule has 1 aliphatic heterocycles. The molecule has 96 valence electrons. The Morgan fingerprint density at radius 2 is 1.63 bits per heavy atom. The van der Waals surface area contributed by atoms with Crippen molar-refractivity contribution in [3.05, 3.63) is 71.8 Å². The van der Waals surface area contributed by atoms with Gasteiger partial charge in [0.1, 0.15) is 0 Å². The van der Waals surface area contributed by atoms with Crippen LogP contribution in [0.3, 0.4) is 0 Å². The van der Waals surface area contributed by atoms with Crippen LogP contribution in [0.2, 0.25) is 0 Å². The summed E-state index contributed by atoms with van der Waals surface area (Å²) in [4.78, 5) is 14.3. The molecule has 19 heavy (non-hydrogen) atoms. The topological polar surface area (TPSA) is 29.5 Å². The third-order valence-electron chi connectivity index (χ3n) is 3.26. The molecule has 1 saturated heterocycles. The molecule has 0 N–H and O–H groups in total. The first kappa shape index (κ1) is 11.9. The molecule has 2 aromatic rings. The second kappa shape index (κ2) is 5.24. The molecule has 0 aromatic heterocycles. The van der Waals surface area contributed by atoms with Crippen molar-refractivity contribution in [1.29, 1.82) is 0 Å². The number of benzene rings is 2. The van der Waals surface area contributed by atoms with Crippen molar-refractivity contribution >= 4 is 5.91 Å². The normalized spacial score (nSPS) is 18.5. The van der Waals surface area contributed by atoms with Gasteiger partial charge in [-0.25, -0.2) is 0 Å². The molecule has 0 spiro atoms. The van der Waals surface area contributed by atoms with Gasteiger partial charge in [-0.15, -0.1) is 0 Å². The van der Waals surface area contributed by atoms with Crippen LogP contribution in [-0.4, -0.2) is 24.0 Å². The molecule has 1 atom stereocenters. The minimum Gasteiger partial charge on any atom is -0.352 e. The number of carbonyl (C=O) groups excluding carboxylic acids is 1. The van der Waals surface area contributed by atoms with E-state index in [9.17, 15) is 4.79 Å². The van der Waals surface area contributed by atoms with Crippen molar-refractivity contribution in [3.63, 3.8) is 0 Å². The average molecular weight is 253 g/mol. The van der Waals surface area contributed by atoms with E-state index in [1.165, 1.54) is 0 Å². The van der Waals surface area contributed by atoms with Crippen LogP contribution in [-0.2, 0) is 4.74 Å². The van der Waals surface area contributed by atoms with E-state index in [0.717, 1.165) is 5.56 Å². The highest BCUT2D eigenvalue weighted by atomic mass is 16.5. The molecular weight excluding hydrogens is 238 g/mol. The van der Waals surface area contributed by atoms with Crippen molar-refractivity contribution in [2.75, 3.05) is 13.2 Å². The molecule has 0 unspecified atom stereocenters. The van der Waals surface area contributed by atoms with Gasteiger partial charge in [-0.1, -0.05) is 48.5 Å². The number of hydrogen-bond acceptors (Lipinski definition) is 2. The van der Waals surface area contributed by atoms with Crippen LogP contribution in [0.5, 0.6) is 0 Å². The van der Waals surface area contributed by atoms with Crippen LogP contribution in [0.25, 0.3) is 0 Å². The second-order valence-corrected chi connectivity index (χ2v) is 4.50. The van der Waals surface area contributed by atoms with Gasteiger partial charge in [0.25, 0.3) is 5.91 Å². The van der Waals surface area contributed by atoms with Gasteiger partial charge in [0.15, 0.2) is 6.23 Å². The van der Waals surface area contributed by atoms with Gasteiger partial charge in [-0.05, 0) is 12.1 Å². The van der Waals surface area contributed by atoms with Crippen molar-refractivity contribution in [3.8, 4) is 0 Å². The van der Waals surface area contributed by atoms with E-state index in [1.807, 2.05) is 60.7 Å². The highest BCUT2D eigenvalue weighted by Crippen LogP contribution is 2.28. The first-order valence-electron chi connectivity index (χ1n) is 6.39. The zero-order chi connectivity index (χ0) is 13.1. The zero-order valence-electron chi connectivity index (χ0n) is 10.5. The molecule has 3 nitrogen and oxygen atoms in total.